The van der Waals surface area contributed by atoms with E-state index in [2.05, 4.69) is 15.5 Å². The van der Waals surface area contributed by atoms with Crippen LogP contribution in [0.1, 0.15) is 32.1 Å². The zero-order chi connectivity index (χ0) is 15.0. The van der Waals surface area contributed by atoms with Crippen molar-refractivity contribution >= 4 is 5.91 Å². The van der Waals surface area contributed by atoms with Crippen LogP contribution in [0.5, 0.6) is 0 Å². The molecule has 0 aliphatic carbocycles. The first-order valence-electron chi connectivity index (χ1n) is 9.03. The maximum atomic E-state index is 13.4. The monoisotopic (exact) mass is 307 g/mol. The number of ether oxygens (including phenoxy) is 1. The Kier molecular flexibility index (Phi) is 3.91. The number of likely N-dealkylation sites (tertiary alicyclic amines) is 1. The molecule has 2 N–H and O–H groups in total. The second-order valence-corrected chi connectivity index (χ2v) is 7.91. The second kappa shape index (κ2) is 5.77. The number of nitrogens with zero attached hydrogens (tertiary/aromatic N) is 1. The summed E-state index contributed by atoms with van der Waals surface area (Å²) in [7, 11) is 0. The van der Waals surface area contributed by atoms with Gasteiger partial charge in [0, 0.05) is 26.2 Å². The van der Waals surface area contributed by atoms with Crippen LogP contribution in [0.2, 0.25) is 0 Å². The predicted molar refractivity (Wildman–Crippen MR) is 84.6 cm³/mol. The van der Waals surface area contributed by atoms with E-state index < -0.39 is 0 Å². The van der Waals surface area contributed by atoms with Crippen LogP contribution in [0.4, 0.5) is 0 Å². The molecule has 22 heavy (non-hydrogen) atoms. The van der Waals surface area contributed by atoms with Crippen molar-refractivity contribution in [2.24, 2.45) is 16.7 Å². The Hall–Kier alpha value is -0.650. The zero-order valence-corrected chi connectivity index (χ0v) is 13.5. The number of nitrogens with one attached hydrogen (secondary N) is 2. The molecule has 0 radical (unpaired) electrons. The van der Waals surface area contributed by atoms with E-state index in [1.807, 2.05) is 0 Å². The Morgan fingerprint density at radius 2 is 2.05 bits per heavy atom. The molecule has 1 amide bonds. The largest absolute Gasteiger partial charge is 0.380 e. The van der Waals surface area contributed by atoms with Crippen molar-refractivity contribution < 1.29 is 9.53 Å². The second-order valence-electron chi connectivity index (χ2n) is 7.91. The van der Waals surface area contributed by atoms with Crippen LogP contribution >= 0.6 is 0 Å². The van der Waals surface area contributed by atoms with Crippen LogP contribution in [-0.4, -0.2) is 63.3 Å². The van der Waals surface area contributed by atoms with Crippen molar-refractivity contribution in [2.75, 3.05) is 52.5 Å². The van der Waals surface area contributed by atoms with Crippen molar-refractivity contribution in [2.45, 2.75) is 32.1 Å². The summed E-state index contributed by atoms with van der Waals surface area (Å²) in [5, 5.41) is 6.92. The van der Waals surface area contributed by atoms with Gasteiger partial charge in [0.15, 0.2) is 0 Å². The SMILES string of the molecule is O=C(N1CCCC2(CCNCC2)C1)[C@]12CNC[C@H]1CCOC2. The first-order chi connectivity index (χ1) is 10.7. The van der Waals surface area contributed by atoms with Gasteiger partial charge in [-0.15, -0.1) is 0 Å². The van der Waals surface area contributed by atoms with Crippen LogP contribution in [0.25, 0.3) is 0 Å². The summed E-state index contributed by atoms with van der Waals surface area (Å²) in [6.45, 7) is 7.37. The molecule has 4 aliphatic heterocycles. The molecule has 5 heteroatoms. The number of rotatable bonds is 1. The summed E-state index contributed by atoms with van der Waals surface area (Å²) in [6.07, 6.45) is 5.94. The van der Waals surface area contributed by atoms with Gasteiger partial charge in [0.1, 0.15) is 0 Å². The van der Waals surface area contributed by atoms with Crippen molar-refractivity contribution in [1.82, 2.24) is 15.5 Å². The molecule has 0 aromatic heterocycles. The van der Waals surface area contributed by atoms with E-state index in [1.165, 1.54) is 25.7 Å². The third-order valence-electron chi connectivity index (χ3n) is 6.62. The topological polar surface area (TPSA) is 53.6 Å². The average molecular weight is 307 g/mol. The molecule has 124 valence electrons. The number of carbonyl (C=O) groups excluding carboxylic acids is 1. The first-order valence-corrected chi connectivity index (χ1v) is 9.03. The summed E-state index contributed by atoms with van der Waals surface area (Å²) in [5.41, 5.74) is 0.108. The first kappa shape index (κ1) is 14.9. The molecule has 4 rings (SSSR count). The minimum Gasteiger partial charge on any atom is -0.380 e. The van der Waals surface area contributed by atoms with E-state index in [-0.39, 0.29) is 5.41 Å². The number of carbonyl (C=O) groups is 1. The fourth-order valence-corrected chi connectivity index (χ4v) is 5.21. The molecule has 4 fully saturated rings. The molecule has 0 saturated carbocycles. The fraction of sp³-hybridized carbons (Fsp3) is 0.941. The van der Waals surface area contributed by atoms with Gasteiger partial charge in [0.2, 0.25) is 5.91 Å². The van der Waals surface area contributed by atoms with Crippen LogP contribution in [0, 0.1) is 16.7 Å². The standard InChI is InChI=1S/C17H29N3O2/c21-15(17-11-19-10-14(17)2-9-22-13-17)20-8-1-3-16(12-20)4-6-18-7-5-16/h14,18-19H,1-13H2/t14-,17+/m1/s1. The highest BCUT2D eigenvalue weighted by Gasteiger charge is 2.53. The number of hydrogen-bond acceptors (Lipinski definition) is 4. The van der Waals surface area contributed by atoms with Crippen molar-refractivity contribution in [3.63, 3.8) is 0 Å². The summed E-state index contributed by atoms with van der Waals surface area (Å²) < 4.78 is 5.74. The molecular weight excluding hydrogens is 278 g/mol. The van der Waals surface area contributed by atoms with Gasteiger partial charge in [0.05, 0.1) is 12.0 Å². The van der Waals surface area contributed by atoms with E-state index in [0.29, 0.717) is 23.8 Å². The Morgan fingerprint density at radius 1 is 1.18 bits per heavy atom. The maximum absolute atomic E-state index is 13.4. The highest BCUT2D eigenvalue weighted by atomic mass is 16.5. The molecule has 0 unspecified atom stereocenters. The normalized spacial score (nSPS) is 38.0. The molecule has 0 aromatic rings. The van der Waals surface area contributed by atoms with Gasteiger partial charge in [-0.25, -0.2) is 0 Å². The number of amides is 1. The average Bonchev–Trinajstić information content (AvgIpc) is 3.00. The lowest BCUT2D eigenvalue weighted by atomic mass is 9.70. The third kappa shape index (κ3) is 2.38. The van der Waals surface area contributed by atoms with Gasteiger partial charge >= 0.3 is 0 Å². The lowest BCUT2D eigenvalue weighted by molar-refractivity contribution is -0.156. The highest BCUT2D eigenvalue weighted by molar-refractivity contribution is 5.84. The van der Waals surface area contributed by atoms with Gasteiger partial charge in [-0.1, -0.05) is 0 Å². The third-order valence-corrected chi connectivity index (χ3v) is 6.62. The molecule has 0 bridgehead atoms. The lowest BCUT2D eigenvalue weighted by Crippen LogP contribution is -2.58. The maximum Gasteiger partial charge on any atom is 0.232 e. The van der Waals surface area contributed by atoms with Crippen LogP contribution in [-0.2, 0) is 9.53 Å². The van der Waals surface area contributed by atoms with E-state index in [1.54, 1.807) is 0 Å². The van der Waals surface area contributed by atoms with Gasteiger partial charge in [0.25, 0.3) is 0 Å². The Morgan fingerprint density at radius 3 is 2.91 bits per heavy atom. The highest BCUT2D eigenvalue weighted by Crippen LogP contribution is 2.43. The minimum absolute atomic E-state index is 0.274. The zero-order valence-electron chi connectivity index (χ0n) is 13.5. The van der Waals surface area contributed by atoms with Gasteiger partial charge in [-0.2, -0.15) is 0 Å². The quantitative estimate of drug-likeness (QED) is 0.745. The van der Waals surface area contributed by atoms with Crippen molar-refractivity contribution in [3.8, 4) is 0 Å². The molecule has 4 aliphatic rings. The summed E-state index contributed by atoms with van der Waals surface area (Å²) in [5.74, 6) is 0.847. The predicted octanol–water partition coefficient (Wildman–Crippen LogP) is 0.605. The van der Waals surface area contributed by atoms with E-state index in [4.69, 9.17) is 4.74 Å². The van der Waals surface area contributed by atoms with E-state index in [0.717, 1.165) is 52.3 Å². The van der Waals surface area contributed by atoms with E-state index in [9.17, 15) is 4.79 Å². The van der Waals surface area contributed by atoms with Gasteiger partial charge < -0.3 is 20.3 Å². The number of piperidine rings is 2. The summed E-state index contributed by atoms with van der Waals surface area (Å²) in [4.78, 5) is 15.6. The van der Waals surface area contributed by atoms with Crippen molar-refractivity contribution in [3.05, 3.63) is 0 Å². The molecule has 2 atom stereocenters. The number of hydrogen-bond donors (Lipinski definition) is 2. The van der Waals surface area contributed by atoms with Gasteiger partial charge in [-0.05, 0) is 63.1 Å². The van der Waals surface area contributed by atoms with Crippen LogP contribution in [0.15, 0.2) is 0 Å². The van der Waals surface area contributed by atoms with Crippen molar-refractivity contribution in [1.29, 1.82) is 0 Å². The molecule has 0 aromatic carbocycles. The molecule has 1 spiro atoms. The van der Waals surface area contributed by atoms with Crippen LogP contribution in [0.3, 0.4) is 0 Å². The van der Waals surface area contributed by atoms with Crippen LogP contribution < -0.4 is 10.6 Å². The Labute approximate surface area is 133 Å². The van der Waals surface area contributed by atoms with Gasteiger partial charge in [-0.3, -0.25) is 4.79 Å². The molecule has 5 nitrogen and oxygen atoms in total. The lowest BCUT2D eigenvalue weighted by Gasteiger charge is -2.48. The fourth-order valence-electron chi connectivity index (χ4n) is 5.21. The number of fused-ring (bicyclic) bond motifs is 1. The Bertz CT molecular complexity index is 430. The molecular formula is C17H29N3O2. The Balaban J connectivity index is 1.52. The van der Waals surface area contributed by atoms with E-state index >= 15 is 0 Å². The summed E-state index contributed by atoms with van der Waals surface area (Å²) in [6, 6.07) is 0. The molecule has 4 saturated heterocycles. The minimum atomic E-state index is -0.274. The molecule has 4 heterocycles. The smallest absolute Gasteiger partial charge is 0.232 e. The summed E-state index contributed by atoms with van der Waals surface area (Å²) >= 11 is 0.